The minimum atomic E-state index is -4.87. The molecular formula is C23H74F4N2O4S. The first-order valence-corrected chi connectivity index (χ1v) is 11.7. The van der Waals surface area contributed by atoms with Gasteiger partial charge in [0, 0.05) is 41.4 Å². The number of benzene rings is 2. The SMILES string of the molecule is [C-]#[N+]c1ccc(NC(=O)C(O)(CS(=O)(=O)c2c(C)cc(F)cc2C)C(C)C)c(C)c1C(F)(F)F.[HH].[HH].[HH].[HH].[HH].[HH].[HH].[HH].[HH].[HH].[HH].[HH].[HH].[HH].[HH].[HH].[HH].[HH].[HH].[HH].[HH].[HH].[HH].[HH].[HH]. The first-order chi connectivity index (χ1) is 15.5. The smallest absolute Gasteiger partial charge is 0.379 e. The second-order valence-electron chi connectivity index (χ2n) is 8.40. The first-order valence-electron chi connectivity index (χ1n) is 10.1. The van der Waals surface area contributed by atoms with Crippen LogP contribution >= 0.6 is 0 Å². The van der Waals surface area contributed by atoms with Gasteiger partial charge in [0.15, 0.2) is 21.1 Å². The Morgan fingerprint density at radius 2 is 1.71 bits per heavy atom. The zero-order valence-electron chi connectivity index (χ0n) is 19.1. The van der Waals surface area contributed by atoms with E-state index in [0.29, 0.717) is 0 Å². The third-order valence-corrected chi connectivity index (χ3v) is 7.68. The fourth-order valence-corrected chi connectivity index (χ4v) is 6.05. The van der Waals surface area contributed by atoms with E-state index >= 15 is 0 Å². The summed E-state index contributed by atoms with van der Waals surface area (Å²) < 4.78 is 80.4. The molecule has 1 atom stereocenters. The minimum absolute atomic E-state index is 0. The van der Waals surface area contributed by atoms with Gasteiger partial charge in [-0.3, -0.25) is 4.79 Å². The summed E-state index contributed by atoms with van der Waals surface area (Å²) in [5, 5.41) is 13.3. The maximum absolute atomic E-state index is 13.6. The average Bonchev–Trinajstić information content (AvgIpc) is 2.66. The van der Waals surface area contributed by atoms with Gasteiger partial charge in [-0.05, 0) is 61.6 Å². The molecule has 0 aliphatic heterocycles. The van der Waals surface area contributed by atoms with Crippen LogP contribution in [-0.4, -0.2) is 30.8 Å². The van der Waals surface area contributed by atoms with Gasteiger partial charge in [0.05, 0.1) is 22.8 Å². The van der Waals surface area contributed by atoms with Crippen LogP contribution in [0.2, 0.25) is 0 Å². The molecule has 2 N–H and O–H groups in total. The molecule has 234 valence electrons. The van der Waals surface area contributed by atoms with Crippen molar-refractivity contribution in [1.82, 2.24) is 0 Å². The van der Waals surface area contributed by atoms with Gasteiger partial charge in [-0.2, -0.15) is 13.2 Å². The van der Waals surface area contributed by atoms with Crippen LogP contribution in [0.15, 0.2) is 29.2 Å². The Morgan fingerprint density at radius 1 is 1.18 bits per heavy atom. The van der Waals surface area contributed by atoms with Crippen molar-refractivity contribution in [3.63, 3.8) is 0 Å². The van der Waals surface area contributed by atoms with Gasteiger partial charge in [0.1, 0.15) is 5.82 Å². The van der Waals surface area contributed by atoms with Crippen molar-refractivity contribution >= 4 is 27.1 Å². The van der Waals surface area contributed by atoms with Gasteiger partial charge in [-0.25, -0.2) is 17.7 Å². The number of sulfone groups is 1. The molecule has 0 bridgehead atoms. The maximum atomic E-state index is 13.6. The molecule has 2 aromatic carbocycles. The van der Waals surface area contributed by atoms with Crippen LogP contribution in [0.1, 0.15) is 71.8 Å². The number of aryl methyl sites for hydroxylation is 2. The van der Waals surface area contributed by atoms with E-state index in [0.717, 1.165) is 31.2 Å². The Balaban J connectivity index is -0.0000000223. The molecule has 6 nitrogen and oxygen atoms in total. The third-order valence-electron chi connectivity index (χ3n) is 5.59. The number of rotatable bonds is 6. The summed E-state index contributed by atoms with van der Waals surface area (Å²) in [6.45, 7) is 13.5. The predicted molar refractivity (Wildman–Crippen MR) is 172 cm³/mol. The van der Waals surface area contributed by atoms with Crippen LogP contribution < -0.4 is 5.32 Å². The zero-order valence-corrected chi connectivity index (χ0v) is 19.9. The molecule has 11 heteroatoms. The first kappa shape index (κ1) is 27.3. The van der Waals surface area contributed by atoms with E-state index in [1.165, 1.54) is 27.7 Å². The third kappa shape index (κ3) is 5.23. The van der Waals surface area contributed by atoms with Crippen molar-refractivity contribution in [2.75, 3.05) is 11.1 Å². The van der Waals surface area contributed by atoms with E-state index in [1.54, 1.807) is 0 Å². The molecule has 0 heterocycles. The number of halogens is 4. The number of aliphatic hydroxyl groups is 1. The number of alkyl halides is 3. The highest BCUT2D eigenvalue weighted by Crippen LogP contribution is 2.41. The van der Waals surface area contributed by atoms with Crippen molar-refractivity contribution in [1.29, 1.82) is 0 Å². The molecule has 0 aliphatic carbocycles. The van der Waals surface area contributed by atoms with Crippen molar-refractivity contribution in [3.05, 3.63) is 63.8 Å². The molecule has 0 spiro atoms. The number of carbonyl (C=O) groups excluding carboxylic acids is 1. The van der Waals surface area contributed by atoms with Crippen LogP contribution in [0, 0.1) is 39.1 Å². The Morgan fingerprint density at radius 3 is 2.15 bits per heavy atom. The van der Waals surface area contributed by atoms with Crippen LogP contribution in [0.5, 0.6) is 0 Å². The lowest BCUT2D eigenvalue weighted by Crippen LogP contribution is -2.52. The standard InChI is InChI=1S/C23H24F4N2O4S.25H2/c1-12(2)22(31,11-34(32,33)20-13(3)9-16(24)10-14(20)4)21(30)29-17-7-8-18(28-6)19(15(17)5)23(25,26)27;;;;;;;;;;;;;;;;;;;;;;;;;/h7-10,12,31H,11H2,1-5H3,(H,29,30);25*1H. The van der Waals surface area contributed by atoms with E-state index in [-0.39, 0.29) is 57.4 Å². The highest BCUT2D eigenvalue weighted by molar-refractivity contribution is 7.91. The minimum Gasteiger partial charge on any atom is -0.379 e. The molecule has 2 rings (SSSR count). The van der Waals surface area contributed by atoms with Gasteiger partial charge in [-0.15, -0.1) is 0 Å². The monoisotopic (exact) mass is 551 g/mol. The second kappa shape index (κ2) is 9.35. The fourth-order valence-electron chi connectivity index (χ4n) is 3.76. The topological polar surface area (TPSA) is 87.8 Å². The molecule has 0 fully saturated rings. The second-order valence-corrected chi connectivity index (χ2v) is 10.3. The summed E-state index contributed by atoms with van der Waals surface area (Å²) in [7, 11) is -4.33. The fraction of sp³-hybridized carbons (Fsp3) is 0.391. The van der Waals surface area contributed by atoms with Gasteiger partial charge in [0.25, 0.3) is 5.91 Å². The van der Waals surface area contributed by atoms with E-state index in [1.807, 2.05) is 0 Å². The Hall–Kier alpha value is -2.97. The van der Waals surface area contributed by atoms with Crippen molar-refractivity contribution in [2.24, 2.45) is 5.92 Å². The maximum Gasteiger partial charge on any atom is 0.407 e. The van der Waals surface area contributed by atoms with Crippen LogP contribution in [0.3, 0.4) is 0 Å². The van der Waals surface area contributed by atoms with E-state index in [2.05, 4.69) is 10.2 Å². The van der Waals surface area contributed by atoms with E-state index < -0.39 is 61.8 Å². The van der Waals surface area contributed by atoms with Crippen LogP contribution in [0.4, 0.5) is 28.9 Å². The molecular weight excluding hydrogens is 476 g/mol. The predicted octanol–water partition coefficient (Wildman–Crippen LogP) is 11.3. The Labute approximate surface area is 232 Å². The summed E-state index contributed by atoms with van der Waals surface area (Å²) in [4.78, 5) is 15.7. The lowest BCUT2D eigenvalue weighted by molar-refractivity contribution is -0.138. The Kier molecular flexibility index (Phi) is 7.50. The number of amides is 1. The molecule has 0 radical (unpaired) electrons. The molecule has 0 saturated heterocycles. The molecule has 0 saturated carbocycles. The summed E-state index contributed by atoms with van der Waals surface area (Å²) in [5.74, 6) is -3.92. The number of hydrogen-bond acceptors (Lipinski definition) is 4. The molecule has 0 aromatic heterocycles. The molecule has 1 amide bonds. The quantitative estimate of drug-likeness (QED) is 0.213. The highest BCUT2D eigenvalue weighted by Gasteiger charge is 2.45. The van der Waals surface area contributed by atoms with Gasteiger partial charge < -0.3 is 10.4 Å². The van der Waals surface area contributed by atoms with Crippen molar-refractivity contribution in [3.8, 4) is 0 Å². The molecule has 34 heavy (non-hydrogen) atoms. The number of carbonyl (C=O) groups is 1. The lowest BCUT2D eigenvalue weighted by atomic mass is 9.91. The van der Waals surface area contributed by atoms with Gasteiger partial charge >= 0.3 is 6.18 Å². The normalized spacial score (nSPS) is 13.9. The summed E-state index contributed by atoms with van der Waals surface area (Å²) in [5.41, 5.74) is -5.03. The number of nitrogens with one attached hydrogen (secondary N) is 1. The lowest BCUT2D eigenvalue weighted by Gasteiger charge is -2.31. The van der Waals surface area contributed by atoms with Gasteiger partial charge in [-0.1, -0.05) is 19.9 Å². The Bertz CT molecular complexity index is 1320. The van der Waals surface area contributed by atoms with Crippen LogP contribution in [0.25, 0.3) is 4.85 Å². The number of hydrogen-bond donors (Lipinski definition) is 2. The van der Waals surface area contributed by atoms with Crippen molar-refractivity contribution in [2.45, 2.75) is 51.3 Å². The van der Waals surface area contributed by atoms with E-state index in [9.17, 15) is 35.9 Å². The highest BCUT2D eigenvalue weighted by atomic mass is 32.2. The van der Waals surface area contributed by atoms with Crippen LogP contribution in [-0.2, 0) is 20.8 Å². The number of anilines is 1. The summed E-state index contributed by atoms with van der Waals surface area (Å²) in [6.07, 6.45) is -4.87. The molecule has 2 aromatic rings. The molecule has 1 unspecified atom stereocenters. The largest absolute Gasteiger partial charge is 0.407 e. The average molecular weight is 551 g/mol. The van der Waals surface area contributed by atoms with Crippen molar-refractivity contribution < 1.29 is 71.5 Å². The number of nitrogens with zero attached hydrogens (tertiary/aromatic N) is 1. The summed E-state index contributed by atoms with van der Waals surface area (Å²) in [6, 6.07) is 3.98. The van der Waals surface area contributed by atoms with Gasteiger partial charge in [0.2, 0.25) is 0 Å². The molecule has 0 aliphatic rings. The summed E-state index contributed by atoms with van der Waals surface area (Å²) >= 11 is 0. The zero-order chi connectivity index (χ0) is 26.2. The van der Waals surface area contributed by atoms with E-state index in [4.69, 9.17) is 6.57 Å².